The molecule has 1 heterocycles. The summed E-state index contributed by atoms with van der Waals surface area (Å²) >= 11 is 7.96. The van der Waals surface area contributed by atoms with Gasteiger partial charge in [-0.15, -0.1) is 0 Å². The van der Waals surface area contributed by atoms with Gasteiger partial charge in [-0.3, -0.25) is 0 Å². The maximum absolute atomic E-state index is 9.50. The smallest absolute Gasteiger partial charge is 0.259 e. The summed E-state index contributed by atoms with van der Waals surface area (Å²) in [6.07, 6.45) is 5.23. The van der Waals surface area contributed by atoms with E-state index in [9.17, 15) is 5.11 Å². The van der Waals surface area contributed by atoms with Crippen LogP contribution in [0.4, 0.5) is 0 Å². The molecule has 20 heavy (non-hydrogen) atoms. The zero-order chi connectivity index (χ0) is 13.9. The molecule has 1 aliphatic rings. The van der Waals surface area contributed by atoms with Crippen LogP contribution in [0.1, 0.15) is 31.5 Å². The molecule has 1 saturated carbocycles. The average Bonchev–Trinajstić information content (AvgIpc) is 3.10. The number of hydrogen-bond donors (Lipinski definition) is 1. The molecule has 0 unspecified atom stereocenters. The molecule has 0 saturated heterocycles. The topological polar surface area (TPSA) is 59.2 Å². The van der Waals surface area contributed by atoms with E-state index in [4.69, 9.17) is 16.1 Å². The highest BCUT2D eigenvalue weighted by Crippen LogP contribution is 2.33. The maximum atomic E-state index is 9.50. The summed E-state index contributed by atoms with van der Waals surface area (Å²) in [4.78, 5) is 4.35. The summed E-state index contributed by atoms with van der Waals surface area (Å²) in [5.41, 5.74) is 0.566. The predicted molar refractivity (Wildman–Crippen MR) is 80.0 cm³/mol. The van der Waals surface area contributed by atoms with Crippen LogP contribution in [0, 0.1) is 0 Å². The number of halogens is 1. The Balaban J connectivity index is 1.71. The van der Waals surface area contributed by atoms with Crippen molar-refractivity contribution >= 4 is 23.4 Å². The van der Waals surface area contributed by atoms with Crippen LogP contribution in [-0.2, 0) is 5.75 Å². The van der Waals surface area contributed by atoms with Crippen molar-refractivity contribution in [3.8, 4) is 17.2 Å². The van der Waals surface area contributed by atoms with Crippen LogP contribution >= 0.6 is 23.4 Å². The van der Waals surface area contributed by atoms with Gasteiger partial charge in [0.15, 0.2) is 5.82 Å². The molecule has 0 atom stereocenters. The molecule has 6 heteroatoms. The molecule has 1 aromatic heterocycles. The van der Waals surface area contributed by atoms with Crippen LogP contribution < -0.4 is 0 Å². The normalized spacial score (nSPS) is 15.8. The number of phenols is 1. The Morgan fingerprint density at radius 2 is 2.15 bits per heavy atom. The molecule has 106 valence electrons. The van der Waals surface area contributed by atoms with Crippen molar-refractivity contribution in [1.82, 2.24) is 10.1 Å². The van der Waals surface area contributed by atoms with E-state index in [2.05, 4.69) is 10.1 Å². The van der Waals surface area contributed by atoms with Crippen LogP contribution in [0.3, 0.4) is 0 Å². The number of rotatable bonds is 4. The number of phenolic OH excluding ortho intramolecular Hbond substituents is 1. The lowest BCUT2D eigenvalue weighted by atomic mass is 10.2. The van der Waals surface area contributed by atoms with Gasteiger partial charge in [0.1, 0.15) is 5.75 Å². The van der Waals surface area contributed by atoms with Crippen molar-refractivity contribution in [2.24, 2.45) is 0 Å². The van der Waals surface area contributed by atoms with Crippen LogP contribution in [0.15, 0.2) is 22.7 Å². The monoisotopic (exact) mass is 310 g/mol. The minimum Gasteiger partial charge on any atom is -0.508 e. The zero-order valence-corrected chi connectivity index (χ0v) is 12.5. The van der Waals surface area contributed by atoms with Crippen molar-refractivity contribution in [3.63, 3.8) is 0 Å². The second-order valence-electron chi connectivity index (χ2n) is 4.90. The van der Waals surface area contributed by atoms with E-state index in [1.165, 1.54) is 37.8 Å². The van der Waals surface area contributed by atoms with E-state index in [1.54, 1.807) is 6.07 Å². The second kappa shape index (κ2) is 6.06. The average molecular weight is 311 g/mol. The molecule has 0 radical (unpaired) electrons. The number of hydrogen-bond acceptors (Lipinski definition) is 5. The van der Waals surface area contributed by atoms with Gasteiger partial charge in [0.05, 0.1) is 16.3 Å². The van der Waals surface area contributed by atoms with Gasteiger partial charge in [0.25, 0.3) is 5.89 Å². The number of nitrogens with zero attached hydrogens (tertiary/aromatic N) is 2. The van der Waals surface area contributed by atoms with Crippen LogP contribution in [0.5, 0.6) is 5.75 Å². The summed E-state index contributed by atoms with van der Waals surface area (Å²) in [6.45, 7) is 0. The minimum absolute atomic E-state index is 0.129. The van der Waals surface area contributed by atoms with Crippen LogP contribution in [-0.4, -0.2) is 20.5 Å². The molecule has 2 aromatic rings. The summed E-state index contributed by atoms with van der Waals surface area (Å²) in [6, 6.07) is 4.67. The number of thioether (sulfide) groups is 1. The molecule has 1 fully saturated rings. The number of aromatic nitrogens is 2. The van der Waals surface area contributed by atoms with Gasteiger partial charge < -0.3 is 9.63 Å². The fourth-order valence-electron chi connectivity index (χ4n) is 2.35. The molecule has 1 aliphatic carbocycles. The van der Waals surface area contributed by atoms with E-state index in [-0.39, 0.29) is 5.75 Å². The van der Waals surface area contributed by atoms with E-state index < -0.39 is 0 Å². The molecule has 1 N–H and O–H groups in total. The molecule has 0 amide bonds. The first-order valence-electron chi connectivity index (χ1n) is 6.65. The van der Waals surface area contributed by atoms with E-state index in [0.29, 0.717) is 22.3 Å². The fourth-order valence-corrected chi connectivity index (χ4v) is 3.71. The molecular formula is C14H15ClN2O2S. The van der Waals surface area contributed by atoms with Gasteiger partial charge >= 0.3 is 0 Å². The Morgan fingerprint density at radius 1 is 1.35 bits per heavy atom. The summed E-state index contributed by atoms with van der Waals surface area (Å²) in [7, 11) is 0. The third kappa shape index (κ3) is 3.10. The number of benzene rings is 1. The van der Waals surface area contributed by atoms with Crippen LogP contribution in [0.2, 0.25) is 5.02 Å². The van der Waals surface area contributed by atoms with Crippen LogP contribution in [0.25, 0.3) is 11.5 Å². The van der Waals surface area contributed by atoms with E-state index in [1.807, 2.05) is 11.8 Å². The Labute approximate surface area is 126 Å². The SMILES string of the molecule is Oc1ccc(Cl)c(-c2nc(CSC3CCCC3)no2)c1. The summed E-state index contributed by atoms with van der Waals surface area (Å²) < 4.78 is 5.23. The van der Waals surface area contributed by atoms with Gasteiger partial charge in [-0.05, 0) is 31.0 Å². The largest absolute Gasteiger partial charge is 0.508 e. The summed E-state index contributed by atoms with van der Waals surface area (Å²) in [5, 5.41) is 14.7. The molecule has 4 nitrogen and oxygen atoms in total. The van der Waals surface area contributed by atoms with Crippen molar-refractivity contribution in [2.75, 3.05) is 0 Å². The van der Waals surface area contributed by atoms with Gasteiger partial charge in [0.2, 0.25) is 0 Å². The highest BCUT2D eigenvalue weighted by Gasteiger charge is 2.18. The van der Waals surface area contributed by atoms with Crippen molar-refractivity contribution < 1.29 is 9.63 Å². The number of aromatic hydroxyl groups is 1. The lowest BCUT2D eigenvalue weighted by Crippen LogP contribution is -1.95. The quantitative estimate of drug-likeness (QED) is 0.913. The standard InChI is InChI=1S/C14H15ClN2O2S/c15-12-6-5-9(18)7-11(12)14-16-13(17-19-14)8-20-10-3-1-2-4-10/h5-7,10,18H,1-4,8H2. The molecule has 0 spiro atoms. The Hall–Kier alpha value is -1.20. The molecule has 1 aromatic carbocycles. The Bertz CT molecular complexity index is 597. The van der Waals surface area contributed by atoms with E-state index in [0.717, 1.165) is 11.0 Å². The third-order valence-electron chi connectivity index (χ3n) is 3.40. The first kappa shape index (κ1) is 13.8. The Kier molecular flexibility index (Phi) is 4.17. The highest BCUT2D eigenvalue weighted by molar-refractivity contribution is 7.99. The van der Waals surface area contributed by atoms with Crippen molar-refractivity contribution in [1.29, 1.82) is 0 Å². The van der Waals surface area contributed by atoms with Gasteiger partial charge in [0, 0.05) is 5.25 Å². The lowest BCUT2D eigenvalue weighted by molar-refractivity contribution is 0.424. The van der Waals surface area contributed by atoms with Crippen molar-refractivity contribution in [3.05, 3.63) is 29.0 Å². The minimum atomic E-state index is 0.129. The molecule has 3 rings (SSSR count). The zero-order valence-electron chi connectivity index (χ0n) is 10.9. The lowest BCUT2D eigenvalue weighted by Gasteiger charge is -2.04. The molecule has 0 bridgehead atoms. The summed E-state index contributed by atoms with van der Waals surface area (Å²) in [5.74, 6) is 1.92. The molecular weight excluding hydrogens is 296 g/mol. The van der Waals surface area contributed by atoms with Gasteiger partial charge in [-0.1, -0.05) is 29.6 Å². The Morgan fingerprint density at radius 3 is 2.95 bits per heavy atom. The van der Waals surface area contributed by atoms with E-state index >= 15 is 0 Å². The van der Waals surface area contributed by atoms with Gasteiger partial charge in [-0.2, -0.15) is 16.7 Å². The van der Waals surface area contributed by atoms with Gasteiger partial charge in [-0.25, -0.2) is 0 Å². The predicted octanol–water partition coefficient (Wildman–Crippen LogP) is 4.27. The first-order chi connectivity index (χ1) is 9.72. The second-order valence-corrected chi connectivity index (χ2v) is 6.59. The van der Waals surface area contributed by atoms with Crippen molar-refractivity contribution in [2.45, 2.75) is 36.7 Å². The maximum Gasteiger partial charge on any atom is 0.259 e. The fraction of sp³-hybridized carbons (Fsp3) is 0.429. The third-order valence-corrected chi connectivity index (χ3v) is 5.10. The first-order valence-corrected chi connectivity index (χ1v) is 8.08. The highest BCUT2D eigenvalue weighted by atomic mass is 35.5. The molecule has 0 aliphatic heterocycles.